The Hall–Kier alpha value is -1.87. The van der Waals surface area contributed by atoms with Gasteiger partial charge in [-0.05, 0) is 19.4 Å². The Kier molecular flexibility index (Phi) is 4.33. The van der Waals surface area contributed by atoms with E-state index in [1.54, 1.807) is 12.1 Å². The Bertz CT molecular complexity index is 703. The zero-order valence-electron chi connectivity index (χ0n) is 12.0. The van der Waals surface area contributed by atoms with Gasteiger partial charge in [0.25, 0.3) is 0 Å². The van der Waals surface area contributed by atoms with E-state index in [1.807, 2.05) is 19.1 Å². The van der Waals surface area contributed by atoms with Crippen LogP contribution in [0.4, 0.5) is 0 Å². The quantitative estimate of drug-likeness (QED) is 0.844. The minimum atomic E-state index is -3.15. The number of methoxy groups -OCH3 is 1. The van der Waals surface area contributed by atoms with Gasteiger partial charge in [0.1, 0.15) is 11.7 Å². The molecule has 1 aliphatic heterocycles. The van der Waals surface area contributed by atoms with Crippen molar-refractivity contribution < 1.29 is 17.9 Å². The van der Waals surface area contributed by atoms with Crippen molar-refractivity contribution in [3.05, 3.63) is 29.3 Å². The Morgan fingerprint density at radius 3 is 2.71 bits per heavy atom. The van der Waals surface area contributed by atoms with Gasteiger partial charge in [0.15, 0.2) is 15.6 Å². The van der Waals surface area contributed by atoms with Gasteiger partial charge in [0, 0.05) is 11.5 Å². The van der Waals surface area contributed by atoms with Gasteiger partial charge in [-0.25, -0.2) is 8.42 Å². The van der Waals surface area contributed by atoms with Gasteiger partial charge in [0.2, 0.25) is 0 Å². The SMILES string of the molecule is COc1ccc(C)cc1C(C#N)C(=O)C1CCS(=O)(=O)C1. The molecule has 0 aromatic heterocycles. The lowest BCUT2D eigenvalue weighted by atomic mass is 9.87. The summed E-state index contributed by atoms with van der Waals surface area (Å²) in [6.45, 7) is 1.86. The number of nitrogens with zero attached hydrogens (tertiary/aromatic N) is 1. The van der Waals surface area contributed by atoms with Crippen molar-refractivity contribution in [1.29, 1.82) is 5.26 Å². The normalized spacial score (nSPS) is 21.5. The zero-order valence-corrected chi connectivity index (χ0v) is 12.8. The fraction of sp³-hybridized carbons (Fsp3) is 0.467. The third-order valence-corrected chi connectivity index (χ3v) is 5.51. The van der Waals surface area contributed by atoms with Crippen LogP contribution < -0.4 is 4.74 Å². The average Bonchev–Trinajstić information content (AvgIpc) is 2.80. The minimum absolute atomic E-state index is 0.0203. The zero-order chi connectivity index (χ0) is 15.6. The summed E-state index contributed by atoms with van der Waals surface area (Å²) in [5.41, 5.74) is 1.42. The molecule has 21 heavy (non-hydrogen) atoms. The summed E-state index contributed by atoms with van der Waals surface area (Å²) in [5.74, 6) is -1.57. The van der Waals surface area contributed by atoms with Crippen LogP contribution in [0.15, 0.2) is 18.2 Å². The first-order valence-electron chi connectivity index (χ1n) is 6.66. The monoisotopic (exact) mass is 307 g/mol. The molecule has 2 rings (SSSR count). The van der Waals surface area contributed by atoms with Crippen LogP contribution in [0.3, 0.4) is 0 Å². The van der Waals surface area contributed by atoms with Gasteiger partial charge in [0.05, 0.1) is 24.7 Å². The van der Waals surface area contributed by atoms with Gasteiger partial charge in [-0.1, -0.05) is 17.7 Å². The second-order valence-corrected chi connectivity index (χ2v) is 7.54. The highest BCUT2D eigenvalue weighted by Crippen LogP contribution is 2.32. The largest absolute Gasteiger partial charge is 0.496 e. The van der Waals surface area contributed by atoms with E-state index in [2.05, 4.69) is 0 Å². The van der Waals surface area contributed by atoms with Gasteiger partial charge in [-0.3, -0.25) is 4.79 Å². The summed E-state index contributed by atoms with van der Waals surface area (Å²) in [6, 6.07) is 7.29. The molecule has 0 amide bonds. The number of rotatable bonds is 4. The molecule has 6 heteroatoms. The highest BCUT2D eigenvalue weighted by Gasteiger charge is 2.37. The number of Topliss-reactive ketones (excluding diaryl/α,β-unsaturated/α-hetero) is 1. The lowest BCUT2D eigenvalue weighted by Crippen LogP contribution is -2.23. The van der Waals surface area contributed by atoms with Crippen molar-refractivity contribution in [3.8, 4) is 11.8 Å². The molecule has 2 unspecified atom stereocenters. The third kappa shape index (κ3) is 3.24. The molecule has 0 radical (unpaired) electrons. The fourth-order valence-corrected chi connectivity index (χ4v) is 4.38. The van der Waals surface area contributed by atoms with E-state index in [-0.39, 0.29) is 17.3 Å². The minimum Gasteiger partial charge on any atom is -0.496 e. The maximum Gasteiger partial charge on any atom is 0.158 e. The Balaban J connectivity index is 2.35. The number of hydrogen-bond acceptors (Lipinski definition) is 5. The second kappa shape index (κ2) is 5.86. The maximum atomic E-state index is 12.5. The van der Waals surface area contributed by atoms with Crippen molar-refractivity contribution in [1.82, 2.24) is 0 Å². The number of ether oxygens (including phenoxy) is 1. The first-order valence-corrected chi connectivity index (χ1v) is 8.48. The standard InChI is InChI=1S/C15H17NO4S/c1-10-3-4-14(20-2)12(7-10)13(8-16)15(17)11-5-6-21(18,19)9-11/h3-4,7,11,13H,5-6,9H2,1-2H3. The molecule has 0 bridgehead atoms. The summed E-state index contributed by atoms with van der Waals surface area (Å²) < 4.78 is 28.2. The summed E-state index contributed by atoms with van der Waals surface area (Å²) in [7, 11) is -1.67. The molecular formula is C15H17NO4S. The van der Waals surface area contributed by atoms with E-state index in [0.717, 1.165) is 5.56 Å². The molecule has 0 spiro atoms. The molecule has 0 saturated carbocycles. The van der Waals surface area contributed by atoms with Crippen LogP contribution in [0.1, 0.15) is 23.5 Å². The Morgan fingerprint density at radius 2 is 2.19 bits per heavy atom. The van der Waals surface area contributed by atoms with Gasteiger partial charge in [-0.2, -0.15) is 5.26 Å². The number of sulfone groups is 1. The van der Waals surface area contributed by atoms with E-state index in [0.29, 0.717) is 17.7 Å². The van der Waals surface area contributed by atoms with E-state index in [1.165, 1.54) is 7.11 Å². The van der Waals surface area contributed by atoms with Crippen molar-refractivity contribution in [2.24, 2.45) is 5.92 Å². The summed E-state index contributed by atoms with van der Waals surface area (Å²) in [5, 5.41) is 9.38. The molecule has 5 nitrogen and oxygen atoms in total. The lowest BCUT2D eigenvalue weighted by Gasteiger charge is -2.16. The molecular weight excluding hydrogens is 290 g/mol. The van der Waals surface area contributed by atoms with E-state index in [9.17, 15) is 18.5 Å². The van der Waals surface area contributed by atoms with Crippen molar-refractivity contribution >= 4 is 15.6 Å². The van der Waals surface area contributed by atoms with Crippen molar-refractivity contribution in [2.45, 2.75) is 19.3 Å². The Morgan fingerprint density at radius 1 is 1.48 bits per heavy atom. The molecule has 1 aromatic rings. The number of hydrogen-bond donors (Lipinski definition) is 0. The topological polar surface area (TPSA) is 84.2 Å². The molecule has 0 N–H and O–H groups in total. The number of benzene rings is 1. The van der Waals surface area contributed by atoms with Crippen molar-refractivity contribution in [2.75, 3.05) is 18.6 Å². The predicted octanol–water partition coefficient (Wildman–Crippen LogP) is 1.61. The second-order valence-electron chi connectivity index (χ2n) is 5.31. The van der Waals surface area contributed by atoms with Crippen LogP contribution in [0.5, 0.6) is 5.75 Å². The fourth-order valence-electron chi connectivity index (χ4n) is 2.62. The Labute approximate surface area is 124 Å². The lowest BCUT2D eigenvalue weighted by molar-refractivity contribution is -0.122. The number of carbonyl (C=O) groups is 1. The van der Waals surface area contributed by atoms with E-state index >= 15 is 0 Å². The number of carbonyl (C=O) groups excluding carboxylic acids is 1. The molecule has 2 atom stereocenters. The highest BCUT2D eigenvalue weighted by molar-refractivity contribution is 7.91. The molecule has 1 aromatic carbocycles. The van der Waals surface area contributed by atoms with Crippen LogP contribution >= 0.6 is 0 Å². The van der Waals surface area contributed by atoms with Gasteiger partial charge < -0.3 is 4.74 Å². The summed E-state index contributed by atoms with van der Waals surface area (Å²) in [4.78, 5) is 12.5. The van der Waals surface area contributed by atoms with Crippen molar-refractivity contribution in [3.63, 3.8) is 0 Å². The summed E-state index contributed by atoms with van der Waals surface area (Å²) >= 11 is 0. The molecule has 1 fully saturated rings. The molecule has 1 saturated heterocycles. The molecule has 112 valence electrons. The number of aryl methyl sites for hydroxylation is 1. The van der Waals surface area contributed by atoms with Crippen LogP contribution in [0.2, 0.25) is 0 Å². The smallest absolute Gasteiger partial charge is 0.158 e. The molecule has 1 aliphatic rings. The summed E-state index contributed by atoms with van der Waals surface area (Å²) in [6.07, 6.45) is 0.299. The van der Waals surface area contributed by atoms with E-state index < -0.39 is 21.7 Å². The van der Waals surface area contributed by atoms with Crippen LogP contribution in [-0.4, -0.2) is 32.8 Å². The van der Waals surface area contributed by atoms with Gasteiger partial charge >= 0.3 is 0 Å². The third-order valence-electron chi connectivity index (χ3n) is 3.74. The van der Waals surface area contributed by atoms with E-state index in [4.69, 9.17) is 4.74 Å². The molecule has 0 aliphatic carbocycles. The predicted molar refractivity (Wildman–Crippen MR) is 77.9 cm³/mol. The molecule has 1 heterocycles. The van der Waals surface area contributed by atoms with Crippen LogP contribution in [0.25, 0.3) is 0 Å². The number of ketones is 1. The first-order chi connectivity index (χ1) is 9.88. The van der Waals surface area contributed by atoms with Crippen LogP contribution in [0, 0.1) is 24.2 Å². The first kappa shape index (κ1) is 15.5. The average molecular weight is 307 g/mol. The van der Waals surface area contributed by atoms with Gasteiger partial charge in [-0.15, -0.1) is 0 Å². The highest BCUT2D eigenvalue weighted by atomic mass is 32.2. The number of nitriles is 1. The van der Waals surface area contributed by atoms with Crippen LogP contribution in [-0.2, 0) is 14.6 Å². The maximum absolute atomic E-state index is 12.5.